The summed E-state index contributed by atoms with van der Waals surface area (Å²) in [6, 6.07) is 8.15. The quantitative estimate of drug-likeness (QED) is 0.285. The molecule has 0 radical (unpaired) electrons. The van der Waals surface area contributed by atoms with Gasteiger partial charge in [0.1, 0.15) is 6.54 Å². The standard InChI is InChI=1S/C22H21N3O6S/c1-13-4-9-16-17(11-13)22(29)24(21(16)28)23(12-18(26)19-3-2-10-32-19)20(27)14-5-7-15(8-6-14)25(30)31/h2-3,5-8,10,13,16-17H,4,9,11-12H2,1H3/t13-,16-,17+/m1/s1. The second kappa shape index (κ2) is 8.62. The topological polar surface area (TPSA) is 118 Å². The van der Waals surface area contributed by atoms with Crippen molar-refractivity contribution in [2.75, 3.05) is 6.54 Å². The molecule has 0 unspecified atom stereocenters. The van der Waals surface area contributed by atoms with Gasteiger partial charge in [0.2, 0.25) is 0 Å². The molecule has 2 heterocycles. The van der Waals surface area contributed by atoms with Gasteiger partial charge < -0.3 is 0 Å². The number of hydrogen-bond acceptors (Lipinski definition) is 7. The van der Waals surface area contributed by atoms with Crippen molar-refractivity contribution < 1.29 is 24.1 Å². The summed E-state index contributed by atoms with van der Waals surface area (Å²) in [4.78, 5) is 63.2. The molecule has 1 aliphatic heterocycles. The Balaban J connectivity index is 1.68. The van der Waals surface area contributed by atoms with Crippen LogP contribution in [0, 0.1) is 27.9 Å². The number of hydrogen-bond donors (Lipinski definition) is 0. The lowest BCUT2D eigenvalue weighted by molar-refractivity contribution is -0.384. The van der Waals surface area contributed by atoms with E-state index in [-0.39, 0.29) is 11.3 Å². The Kier molecular flexibility index (Phi) is 5.88. The number of rotatable bonds is 6. The first-order valence-electron chi connectivity index (χ1n) is 10.3. The lowest BCUT2D eigenvalue weighted by Crippen LogP contribution is -2.52. The predicted octanol–water partition coefficient (Wildman–Crippen LogP) is 3.32. The minimum Gasteiger partial charge on any atom is -0.291 e. The number of hydrazine groups is 1. The summed E-state index contributed by atoms with van der Waals surface area (Å²) in [5.41, 5.74) is -0.158. The Hall–Kier alpha value is -3.40. The number of nitro groups is 1. The first-order valence-corrected chi connectivity index (χ1v) is 11.2. The number of carbonyl (C=O) groups excluding carboxylic acids is 4. The van der Waals surface area contributed by atoms with Gasteiger partial charge in [0.15, 0.2) is 5.78 Å². The highest BCUT2D eigenvalue weighted by Gasteiger charge is 2.52. The number of carbonyl (C=O) groups is 4. The molecule has 1 saturated carbocycles. The summed E-state index contributed by atoms with van der Waals surface area (Å²) in [5.74, 6) is -2.79. The van der Waals surface area contributed by atoms with Crippen molar-refractivity contribution in [3.05, 3.63) is 62.3 Å². The molecule has 0 N–H and O–H groups in total. The van der Waals surface area contributed by atoms with Crippen LogP contribution in [0.3, 0.4) is 0 Å². The summed E-state index contributed by atoms with van der Waals surface area (Å²) in [6.07, 6.45) is 1.94. The molecule has 1 aromatic heterocycles. The lowest BCUT2D eigenvalue weighted by Gasteiger charge is -2.30. The van der Waals surface area contributed by atoms with Gasteiger partial charge in [-0.1, -0.05) is 13.0 Å². The van der Waals surface area contributed by atoms with Crippen molar-refractivity contribution in [2.24, 2.45) is 17.8 Å². The van der Waals surface area contributed by atoms with Gasteiger partial charge in [-0.25, -0.2) is 5.01 Å². The number of benzene rings is 1. The molecule has 10 heteroatoms. The van der Waals surface area contributed by atoms with E-state index < -0.39 is 46.8 Å². The first kappa shape index (κ1) is 21.8. The number of nitrogens with zero attached hydrogens (tertiary/aromatic N) is 3. The van der Waals surface area contributed by atoms with Gasteiger partial charge in [-0.2, -0.15) is 5.01 Å². The van der Waals surface area contributed by atoms with Gasteiger partial charge in [-0.05, 0) is 48.8 Å². The molecule has 2 fully saturated rings. The van der Waals surface area contributed by atoms with E-state index in [0.717, 1.165) is 16.4 Å². The smallest absolute Gasteiger partial charge is 0.273 e. The van der Waals surface area contributed by atoms with Crippen LogP contribution in [0.2, 0.25) is 0 Å². The molecule has 2 aromatic rings. The third kappa shape index (κ3) is 3.93. The maximum absolute atomic E-state index is 13.3. The van der Waals surface area contributed by atoms with Crippen molar-refractivity contribution in [1.82, 2.24) is 10.0 Å². The highest BCUT2D eigenvalue weighted by Crippen LogP contribution is 2.41. The average molecular weight is 455 g/mol. The van der Waals surface area contributed by atoms with E-state index in [1.165, 1.54) is 35.6 Å². The Morgan fingerprint density at radius 1 is 1.12 bits per heavy atom. The van der Waals surface area contributed by atoms with Crippen molar-refractivity contribution in [1.29, 1.82) is 0 Å². The minimum atomic E-state index is -0.738. The molecule has 1 aromatic carbocycles. The number of non-ortho nitro benzene ring substituents is 1. The van der Waals surface area contributed by atoms with E-state index in [9.17, 15) is 29.3 Å². The average Bonchev–Trinajstić information content (AvgIpc) is 3.40. The van der Waals surface area contributed by atoms with Crippen LogP contribution in [0.1, 0.15) is 46.2 Å². The Morgan fingerprint density at radius 2 is 1.81 bits per heavy atom. The summed E-state index contributed by atoms with van der Waals surface area (Å²) in [6.45, 7) is 1.54. The van der Waals surface area contributed by atoms with Crippen LogP contribution in [0.4, 0.5) is 5.69 Å². The van der Waals surface area contributed by atoms with Crippen LogP contribution in [-0.4, -0.2) is 45.0 Å². The number of ketones is 1. The van der Waals surface area contributed by atoms with Crippen molar-refractivity contribution in [2.45, 2.75) is 26.2 Å². The van der Waals surface area contributed by atoms with Crippen molar-refractivity contribution in [3.63, 3.8) is 0 Å². The highest BCUT2D eigenvalue weighted by atomic mass is 32.1. The zero-order chi connectivity index (χ0) is 23.0. The van der Waals surface area contributed by atoms with Crippen LogP contribution in [-0.2, 0) is 9.59 Å². The van der Waals surface area contributed by atoms with E-state index in [1.807, 2.05) is 6.92 Å². The number of amides is 3. The highest BCUT2D eigenvalue weighted by molar-refractivity contribution is 7.12. The van der Waals surface area contributed by atoms with E-state index in [4.69, 9.17) is 0 Å². The number of thiophene rings is 1. The third-order valence-electron chi connectivity index (χ3n) is 6.05. The molecule has 166 valence electrons. The Bertz CT molecular complexity index is 1080. The normalized spacial score (nSPS) is 22.5. The molecule has 1 saturated heterocycles. The van der Waals surface area contributed by atoms with Crippen LogP contribution in [0.5, 0.6) is 0 Å². The molecule has 0 spiro atoms. The van der Waals surface area contributed by atoms with Gasteiger partial charge in [0.05, 0.1) is 21.6 Å². The van der Waals surface area contributed by atoms with Crippen LogP contribution in [0.15, 0.2) is 41.8 Å². The van der Waals surface area contributed by atoms with Crippen LogP contribution in [0.25, 0.3) is 0 Å². The molecule has 32 heavy (non-hydrogen) atoms. The minimum absolute atomic E-state index is 0.0402. The Labute approximate surface area is 187 Å². The predicted molar refractivity (Wildman–Crippen MR) is 115 cm³/mol. The number of Topliss-reactive ketones (excluding diaryl/α,β-unsaturated/α-hetero) is 1. The van der Waals surface area contributed by atoms with Crippen LogP contribution < -0.4 is 0 Å². The fourth-order valence-electron chi connectivity index (χ4n) is 4.37. The van der Waals surface area contributed by atoms with E-state index in [0.29, 0.717) is 23.6 Å². The van der Waals surface area contributed by atoms with Gasteiger partial charge in [-0.3, -0.25) is 29.3 Å². The molecular weight excluding hydrogens is 434 g/mol. The van der Waals surface area contributed by atoms with E-state index in [2.05, 4.69) is 0 Å². The molecule has 9 nitrogen and oxygen atoms in total. The number of nitro benzene ring substituents is 1. The Morgan fingerprint density at radius 3 is 2.44 bits per heavy atom. The van der Waals surface area contributed by atoms with Gasteiger partial charge >= 0.3 is 0 Å². The lowest BCUT2D eigenvalue weighted by atomic mass is 9.76. The van der Waals surface area contributed by atoms with Crippen molar-refractivity contribution in [3.8, 4) is 0 Å². The molecule has 1 aliphatic carbocycles. The molecule has 0 bridgehead atoms. The zero-order valence-electron chi connectivity index (χ0n) is 17.3. The summed E-state index contributed by atoms with van der Waals surface area (Å²) >= 11 is 1.20. The number of imide groups is 1. The zero-order valence-corrected chi connectivity index (χ0v) is 18.1. The molecule has 4 rings (SSSR count). The van der Waals surface area contributed by atoms with Gasteiger partial charge in [0, 0.05) is 17.7 Å². The van der Waals surface area contributed by atoms with E-state index >= 15 is 0 Å². The molecule has 2 aliphatic rings. The second-order valence-electron chi connectivity index (χ2n) is 8.19. The van der Waals surface area contributed by atoms with E-state index in [1.54, 1.807) is 17.5 Å². The first-order chi connectivity index (χ1) is 15.3. The van der Waals surface area contributed by atoms with Crippen LogP contribution >= 0.6 is 11.3 Å². The SMILES string of the molecule is C[C@@H]1CC[C@H]2C(=O)N(N(CC(=O)c3cccs3)C(=O)c3ccc([N+](=O)[O-])cc3)C(=O)[C@H]2C1. The molecule has 3 amide bonds. The summed E-state index contributed by atoms with van der Waals surface area (Å²) in [5, 5.41) is 14.4. The maximum atomic E-state index is 13.3. The summed E-state index contributed by atoms with van der Waals surface area (Å²) < 4.78 is 0. The summed E-state index contributed by atoms with van der Waals surface area (Å²) in [7, 11) is 0. The van der Waals surface area contributed by atoms with Crippen molar-refractivity contribution >= 4 is 40.5 Å². The van der Waals surface area contributed by atoms with Gasteiger partial charge in [0.25, 0.3) is 23.4 Å². The number of fused-ring (bicyclic) bond motifs is 1. The molecule has 3 atom stereocenters. The maximum Gasteiger partial charge on any atom is 0.273 e. The monoisotopic (exact) mass is 455 g/mol. The largest absolute Gasteiger partial charge is 0.291 e. The molecular formula is C22H21N3O6S. The second-order valence-corrected chi connectivity index (χ2v) is 9.13. The third-order valence-corrected chi connectivity index (χ3v) is 6.97. The fraction of sp³-hybridized carbons (Fsp3) is 0.364. The van der Waals surface area contributed by atoms with Gasteiger partial charge in [-0.15, -0.1) is 11.3 Å². The fourth-order valence-corrected chi connectivity index (χ4v) is 5.03.